The average Bonchev–Trinajstić information content (AvgIpc) is 2.00. The van der Waals surface area contributed by atoms with Crippen molar-refractivity contribution in [3.63, 3.8) is 0 Å². The van der Waals surface area contributed by atoms with Crippen LogP contribution in [0.5, 0.6) is 0 Å². The first-order valence-corrected chi connectivity index (χ1v) is 2.89. The van der Waals surface area contributed by atoms with Gasteiger partial charge in [-0.3, -0.25) is 0 Å². The van der Waals surface area contributed by atoms with E-state index in [9.17, 15) is 0 Å². The Balaban J connectivity index is 0. The molecule has 0 amide bonds. The fourth-order valence-corrected chi connectivity index (χ4v) is 0.472. The van der Waals surface area contributed by atoms with Crippen LogP contribution in [0.3, 0.4) is 0 Å². The first-order chi connectivity index (χ1) is 4.63. The van der Waals surface area contributed by atoms with Crippen molar-refractivity contribution in [1.82, 2.24) is 0 Å². The molecule has 0 fully saturated rings. The zero-order valence-corrected chi connectivity index (χ0v) is 7.07. The Hall–Kier alpha value is 0.332. The van der Waals surface area contributed by atoms with Gasteiger partial charge in [0, 0.05) is 17.4 Å². The van der Waals surface area contributed by atoms with E-state index >= 15 is 0 Å². The number of aliphatic hydroxyl groups is 5. The molecule has 6 heteroatoms. The summed E-state index contributed by atoms with van der Waals surface area (Å²) in [5.74, 6) is 0. The van der Waals surface area contributed by atoms with Crippen molar-refractivity contribution in [1.29, 1.82) is 0 Å². The van der Waals surface area contributed by atoms with Gasteiger partial charge in [-0.15, -0.1) is 0 Å². The van der Waals surface area contributed by atoms with E-state index in [-0.39, 0.29) is 17.4 Å². The van der Waals surface area contributed by atoms with E-state index in [1.165, 1.54) is 0 Å². The summed E-state index contributed by atoms with van der Waals surface area (Å²) in [5, 5.41) is 42.6. The molecule has 5 nitrogen and oxygen atoms in total. The maximum Gasteiger partial charge on any atom is 0.110 e. The minimum absolute atomic E-state index is 0. The number of rotatable bonds is 4. The van der Waals surface area contributed by atoms with E-state index in [0.717, 1.165) is 0 Å². The van der Waals surface area contributed by atoms with E-state index < -0.39 is 31.5 Å². The van der Waals surface area contributed by atoms with Crippen molar-refractivity contribution in [3.8, 4) is 0 Å². The monoisotopic (exact) mass is 204 g/mol. The summed E-state index contributed by atoms with van der Waals surface area (Å²) < 4.78 is 0. The largest absolute Gasteiger partial charge is 0.394 e. The second-order valence-electron chi connectivity index (χ2n) is 1.99. The van der Waals surface area contributed by atoms with Crippen LogP contribution in [0.4, 0.5) is 0 Å². The summed E-state index contributed by atoms with van der Waals surface area (Å²) in [7, 11) is 0. The van der Waals surface area contributed by atoms with Gasteiger partial charge in [-0.1, -0.05) is 0 Å². The summed E-state index contributed by atoms with van der Waals surface area (Å²) >= 11 is 0. The van der Waals surface area contributed by atoms with Gasteiger partial charge in [0.1, 0.15) is 18.3 Å². The first-order valence-electron chi connectivity index (χ1n) is 2.89. The van der Waals surface area contributed by atoms with Crippen LogP contribution in [0.1, 0.15) is 0 Å². The molecule has 0 radical (unpaired) electrons. The van der Waals surface area contributed by atoms with Crippen LogP contribution in [0.15, 0.2) is 0 Å². The maximum atomic E-state index is 8.77. The first kappa shape index (κ1) is 13.9. The van der Waals surface area contributed by atoms with Gasteiger partial charge in [0.2, 0.25) is 0 Å². The fraction of sp³-hybridized carbons (Fsp3) is 1.00. The Morgan fingerprint density at radius 1 is 0.818 bits per heavy atom. The Kier molecular flexibility index (Phi) is 8.85. The standard InChI is InChI=1S/C5H12O5.Cr/c6-1-3(8)5(10)4(9)2-7;/h3-10H,1-2H2;. The molecule has 0 aromatic carbocycles. The molecule has 0 heterocycles. The molecule has 0 saturated carbocycles. The predicted octanol–water partition coefficient (Wildman–Crippen LogP) is -2.95. The molecule has 2 unspecified atom stereocenters. The zero-order chi connectivity index (χ0) is 8.15. The quantitative estimate of drug-likeness (QED) is 0.337. The molecule has 5 N–H and O–H groups in total. The van der Waals surface area contributed by atoms with Crippen molar-refractivity contribution >= 4 is 0 Å². The van der Waals surface area contributed by atoms with Crippen LogP contribution >= 0.6 is 0 Å². The van der Waals surface area contributed by atoms with Crippen molar-refractivity contribution < 1.29 is 42.9 Å². The Morgan fingerprint density at radius 2 is 1.09 bits per heavy atom. The van der Waals surface area contributed by atoms with Crippen LogP contribution in [-0.2, 0) is 17.4 Å². The Labute approximate surface area is 75.0 Å². The molecule has 68 valence electrons. The second kappa shape index (κ2) is 7.01. The van der Waals surface area contributed by atoms with Crippen LogP contribution in [-0.4, -0.2) is 57.1 Å². The van der Waals surface area contributed by atoms with Crippen molar-refractivity contribution in [3.05, 3.63) is 0 Å². The summed E-state index contributed by atoms with van der Waals surface area (Å²) in [4.78, 5) is 0. The molecule has 0 saturated heterocycles. The summed E-state index contributed by atoms with van der Waals surface area (Å²) in [6.45, 7) is -1.28. The van der Waals surface area contributed by atoms with Crippen LogP contribution in [0.25, 0.3) is 0 Å². The smallest absolute Gasteiger partial charge is 0.110 e. The minimum Gasteiger partial charge on any atom is -0.394 e. The number of aliphatic hydroxyl groups excluding tert-OH is 5. The van der Waals surface area contributed by atoms with Gasteiger partial charge < -0.3 is 25.5 Å². The molecular weight excluding hydrogens is 192 g/mol. The van der Waals surface area contributed by atoms with Crippen LogP contribution in [0, 0.1) is 0 Å². The Bertz CT molecular complexity index is 80.9. The van der Waals surface area contributed by atoms with Gasteiger partial charge in [0.25, 0.3) is 0 Å². The molecular formula is C5H12CrO5. The van der Waals surface area contributed by atoms with Gasteiger partial charge in [0.15, 0.2) is 0 Å². The molecule has 0 aliphatic heterocycles. The third-order valence-corrected chi connectivity index (χ3v) is 1.16. The SMILES string of the molecule is OCC(O)C(O)C(O)CO.[Cr]. The third kappa shape index (κ3) is 4.72. The molecule has 0 aliphatic rings. The van der Waals surface area contributed by atoms with Gasteiger partial charge in [-0.25, -0.2) is 0 Å². The van der Waals surface area contributed by atoms with Crippen LogP contribution < -0.4 is 0 Å². The minimum atomic E-state index is -1.49. The van der Waals surface area contributed by atoms with Gasteiger partial charge in [-0.2, -0.15) is 0 Å². The van der Waals surface area contributed by atoms with Crippen molar-refractivity contribution in [2.45, 2.75) is 18.3 Å². The Morgan fingerprint density at radius 3 is 1.27 bits per heavy atom. The molecule has 0 spiro atoms. The fourth-order valence-electron chi connectivity index (χ4n) is 0.472. The van der Waals surface area contributed by atoms with Crippen LogP contribution in [0.2, 0.25) is 0 Å². The second-order valence-corrected chi connectivity index (χ2v) is 1.99. The molecule has 0 aromatic rings. The van der Waals surface area contributed by atoms with E-state index in [1.807, 2.05) is 0 Å². The molecule has 11 heavy (non-hydrogen) atoms. The summed E-state index contributed by atoms with van der Waals surface area (Å²) in [6, 6.07) is 0. The van der Waals surface area contributed by atoms with Gasteiger partial charge in [-0.05, 0) is 0 Å². The average molecular weight is 204 g/mol. The van der Waals surface area contributed by atoms with E-state index in [0.29, 0.717) is 0 Å². The summed E-state index contributed by atoms with van der Waals surface area (Å²) in [5.41, 5.74) is 0. The topological polar surface area (TPSA) is 101 Å². The van der Waals surface area contributed by atoms with E-state index in [1.54, 1.807) is 0 Å². The molecule has 0 rings (SSSR count). The van der Waals surface area contributed by atoms with E-state index in [4.69, 9.17) is 25.5 Å². The normalized spacial score (nSPS) is 18.3. The third-order valence-electron chi connectivity index (χ3n) is 1.16. The van der Waals surface area contributed by atoms with E-state index in [2.05, 4.69) is 0 Å². The molecule has 0 bridgehead atoms. The number of hydrogen-bond acceptors (Lipinski definition) is 5. The van der Waals surface area contributed by atoms with Gasteiger partial charge >= 0.3 is 0 Å². The van der Waals surface area contributed by atoms with Gasteiger partial charge in [0.05, 0.1) is 13.2 Å². The summed E-state index contributed by atoms with van der Waals surface area (Å²) in [6.07, 6.45) is -4.29. The maximum absolute atomic E-state index is 8.77. The predicted molar refractivity (Wildman–Crippen MR) is 32.2 cm³/mol. The van der Waals surface area contributed by atoms with Crippen molar-refractivity contribution in [2.24, 2.45) is 0 Å². The number of hydrogen-bond donors (Lipinski definition) is 5. The molecule has 0 aliphatic carbocycles. The zero-order valence-electron chi connectivity index (χ0n) is 5.79. The molecule has 0 aromatic heterocycles. The van der Waals surface area contributed by atoms with Crippen molar-refractivity contribution in [2.75, 3.05) is 13.2 Å². The molecule has 2 atom stereocenters.